The fourth-order valence-corrected chi connectivity index (χ4v) is 1.39. The van der Waals surface area contributed by atoms with Crippen molar-refractivity contribution in [3.8, 4) is 0 Å². The summed E-state index contributed by atoms with van der Waals surface area (Å²) in [5, 5.41) is 3.21. The van der Waals surface area contributed by atoms with Crippen molar-refractivity contribution >= 4 is 5.78 Å². The van der Waals surface area contributed by atoms with Crippen LogP contribution in [0.3, 0.4) is 0 Å². The molecule has 2 rings (SSSR count). The van der Waals surface area contributed by atoms with Gasteiger partial charge in [0.15, 0.2) is 6.39 Å². The third-order valence-electron chi connectivity index (χ3n) is 2.03. The molecule has 1 aliphatic heterocycles. The van der Waals surface area contributed by atoms with Gasteiger partial charge in [-0.25, -0.2) is 4.98 Å². The average Bonchev–Trinajstić information content (AvgIpc) is 2.56. The predicted octanol–water partition coefficient (Wildman–Crippen LogP) is 0.668. The summed E-state index contributed by atoms with van der Waals surface area (Å²) in [6, 6.07) is 0.0602. The van der Waals surface area contributed by atoms with Gasteiger partial charge in [0.25, 0.3) is 0 Å². The molecule has 4 heteroatoms. The minimum atomic E-state index is 0.0602. The maximum Gasteiger partial charge on any atom is 0.180 e. The second-order valence-corrected chi connectivity index (χ2v) is 2.91. The Bertz CT molecular complexity index is 269. The Balaban J connectivity index is 2.09. The molecule has 12 heavy (non-hydrogen) atoms. The van der Waals surface area contributed by atoms with E-state index < -0.39 is 0 Å². The molecule has 0 amide bonds. The van der Waals surface area contributed by atoms with Crippen molar-refractivity contribution < 1.29 is 9.21 Å². The lowest BCUT2D eigenvalue weighted by molar-refractivity contribution is -0.120. The molecule has 0 radical (unpaired) electrons. The number of carbonyl (C=O) groups excluding carboxylic acids is 1. The zero-order valence-corrected chi connectivity index (χ0v) is 6.62. The number of Topliss-reactive ketones (excluding diaryl/α,β-unsaturated/α-hetero) is 1. The summed E-state index contributed by atoms with van der Waals surface area (Å²) in [6.45, 7) is 0.746. The molecule has 64 valence electrons. The van der Waals surface area contributed by atoms with Crippen LogP contribution in [0.15, 0.2) is 17.1 Å². The molecular formula is C8H10N2O2. The topological polar surface area (TPSA) is 55.1 Å². The first-order chi connectivity index (χ1) is 5.86. The minimum Gasteiger partial charge on any atom is -0.451 e. The molecule has 0 spiro atoms. The highest BCUT2D eigenvalue weighted by Crippen LogP contribution is 2.18. The van der Waals surface area contributed by atoms with E-state index >= 15 is 0 Å². The van der Waals surface area contributed by atoms with Crippen LogP contribution in [0.25, 0.3) is 0 Å². The molecule has 1 saturated heterocycles. The Morgan fingerprint density at radius 1 is 1.67 bits per heavy atom. The predicted molar refractivity (Wildman–Crippen MR) is 41.5 cm³/mol. The van der Waals surface area contributed by atoms with Crippen molar-refractivity contribution in [3.63, 3.8) is 0 Å². The van der Waals surface area contributed by atoms with Gasteiger partial charge < -0.3 is 9.73 Å². The molecule has 1 fully saturated rings. The highest BCUT2D eigenvalue weighted by atomic mass is 16.3. The molecule has 0 aromatic carbocycles. The maximum atomic E-state index is 11.1. The number of piperidine rings is 1. The monoisotopic (exact) mass is 166 g/mol. The smallest absolute Gasteiger partial charge is 0.180 e. The second-order valence-electron chi connectivity index (χ2n) is 2.91. The largest absolute Gasteiger partial charge is 0.451 e. The SMILES string of the molecule is O=C1CCNC(c2cocn2)C1. The first kappa shape index (κ1) is 7.49. The summed E-state index contributed by atoms with van der Waals surface area (Å²) in [4.78, 5) is 15.1. The van der Waals surface area contributed by atoms with Gasteiger partial charge in [-0.05, 0) is 0 Å². The van der Waals surface area contributed by atoms with Crippen molar-refractivity contribution in [2.45, 2.75) is 18.9 Å². The van der Waals surface area contributed by atoms with Crippen molar-refractivity contribution in [1.82, 2.24) is 10.3 Å². The lowest BCUT2D eigenvalue weighted by Crippen LogP contribution is -2.31. The number of nitrogens with one attached hydrogen (secondary N) is 1. The number of aromatic nitrogens is 1. The van der Waals surface area contributed by atoms with E-state index in [0.717, 1.165) is 12.2 Å². The van der Waals surface area contributed by atoms with Gasteiger partial charge in [-0.2, -0.15) is 0 Å². The fraction of sp³-hybridized carbons (Fsp3) is 0.500. The molecule has 2 heterocycles. The van der Waals surface area contributed by atoms with Crippen LogP contribution in [0.5, 0.6) is 0 Å². The third-order valence-corrected chi connectivity index (χ3v) is 2.03. The van der Waals surface area contributed by atoms with Crippen molar-refractivity contribution in [2.24, 2.45) is 0 Å². The van der Waals surface area contributed by atoms with Crippen LogP contribution in [0, 0.1) is 0 Å². The molecule has 4 nitrogen and oxygen atoms in total. The van der Waals surface area contributed by atoms with E-state index in [4.69, 9.17) is 4.42 Å². The van der Waals surface area contributed by atoms with Gasteiger partial charge in [0.1, 0.15) is 12.0 Å². The zero-order chi connectivity index (χ0) is 8.39. The van der Waals surface area contributed by atoms with Crippen LogP contribution < -0.4 is 5.32 Å². The molecule has 1 aromatic heterocycles. The van der Waals surface area contributed by atoms with E-state index in [-0.39, 0.29) is 6.04 Å². The van der Waals surface area contributed by atoms with Crippen molar-refractivity contribution in [3.05, 3.63) is 18.4 Å². The summed E-state index contributed by atoms with van der Waals surface area (Å²) in [7, 11) is 0. The average molecular weight is 166 g/mol. The normalized spacial score (nSPS) is 24.3. The van der Waals surface area contributed by atoms with Crippen LogP contribution in [-0.4, -0.2) is 17.3 Å². The van der Waals surface area contributed by atoms with E-state index in [9.17, 15) is 4.79 Å². The first-order valence-electron chi connectivity index (χ1n) is 3.99. The number of nitrogens with zero attached hydrogens (tertiary/aromatic N) is 1. The number of rotatable bonds is 1. The second kappa shape index (κ2) is 3.06. The van der Waals surface area contributed by atoms with E-state index in [2.05, 4.69) is 10.3 Å². The van der Waals surface area contributed by atoms with E-state index in [1.54, 1.807) is 6.26 Å². The van der Waals surface area contributed by atoms with Gasteiger partial charge in [0.05, 0.1) is 11.7 Å². The van der Waals surface area contributed by atoms with Crippen LogP contribution in [0.4, 0.5) is 0 Å². The third kappa shape index (κ3) is 1.38. The fourth-order valence-electron chi connectivity index (χ4n) is 1.39. The van der Waals surface area contributed by atoms with Crippen molar-refractivity contribution in [2.75, 3.05) is 6.54 Å². The molecule has 1 aromatic rings. The van der Waals surface area contributed by atoms with E-state index in [1.807, 2.05) is 0 Å². The number of carbonyl (C=O) groups is 1. The standard InChI is InChI=1S/C8H10N2O2/c11-6-1-2-9-7(3-6)8-4-12-5-10-8/h4-5,7,9H,1-3H2. The number of hydrogen-bond donors (Lipinski definition) is 1. The molecule has 1 N–H and O–H groups in total. The Labute approximate surface area is 70.0 Å². The quantitative estimate of drug-likeness (QED) is 0.666. The first-order valence-corrected chi connectivity index (χ1v) is 3.99. The van der Waals surface area contributed by atoms with Gasteiger partial charge in [-0.15, -0.1) is 0 Å². The summed E-state index contributed by atoms with van der Waals surface area (Å²) in [5.41, 5.74) is 0.822. The van der Waals surface area contributed by atoms with Crippen LogP contribution in [0.2, 0.25) is 0 Å². The molecule has 1 aliphatic rings. The number of ketones is 1. The summed E-state index contributed by atoms with van der Waals surface area (Å²) in [5.74, 6) is 0.293. The van der Waals surface area contributed by atoms with E-state index in [1.165, 1.54) is 6.39 Å². The van der Waals surface area contributed by atoms with E-state index in [0.29, 0.717) is 18.6 Å². The number of hydrogen-bond acceptors (Lipinski definition) is 4. The minimum absolute atomic E-state index is 0.0602. The summed E-state index contributed by atoms with van der Waals surface area (Å²) >= 11 is 0. The maximum absolute atomic E-state index is 11.1. The van der Waals surface area contributed by atoms with Gasteiger partial charge in [0, 0.05) is 19.4 Å². The van der Waals surface area contributed by atoms with Gasteiger partial charge in [-0.3, -0.25) is 4.79 Å². The lowest BCUT2D eigenvalue weighted by Gasteiger charge is -2.19. The molecule has 0 aliphatic carbocycles. The Kier molecular flexibility index (Phi) is 1.91. The van der Waals surface area contributed by atoms with Gasteiger partial charge >= 0.3 is 0 Å². The molecule has 0 bridgehead atoms. The molecule has 0 saturated carbocycles. The Morgan fingerprint density at radius 3 is 3.25 bits per heavy atom. The molecule has 1 unspecified atom stereocenters. The Morgan fingerprint density at radius 2 is 2.58 bits per heavy atom. The highest BCUT2D eigenvalue weighted by molar-refractivity contribution is 5.80. The van der Waals surface area contributed by atoms with Crippen LogP contribution in [-0.2, 0) is 4.79 Å². The Hall–Kier alpha value is -1.16. The molecular weight excluding hydrogens is 156 g/mol. The molecule has 1 atom stereocenters. The number of oxazole rings is 1. The highest BCUT2D eigenvalue weighted by Gasteiger charge is 2.21. The van der Waals surface area contributed by atoms with Crippen LogP contribution >= 0.6 is 0 Å². The van der Waals surface area contributed by atoms with Gasteiger partial charge in [0.2, 0.25) is 0 Å². The van der Waals surface area contributed by atoms with Gasteiger partial charge in [-0.1, -0.05) is 0 Å². The summed E-state index contributed by atoms with van der Waals surface area (Å²) in [6.07, 6.45) is 4.13. The van der Waals surface area contributed by atoms with Crippen LogP contribution in [0.1, 0.15) is 24.6 Å². The summed E-state index contributed by atoms with van der Waals surface area (Å²) < 4.78 is 4.84. The zero-order valence-electron chi connectivity index (χ0n) is 6.62. The lowest BCUT2D eigenvalue weighted by atomic mass is 10.0. The van der Waals surface area contributed by atoms with Crippen molar-refractivity contribution in [1.29, 1.82) is 0 Å².